The van der Waals surface area contributed by atoms with Crippen molar-refractivity contribution in [1.82, 2.24) is 15.1 Å². The first-order valence-electron chi connectivity index (χ1n) is 10.5. The predicted octanol–water partition coefficient (Wildman–Crippen LogP) is 2.69. The normalized spacial score (nSPS) is 29.1. The molecule has 2 saturated heterocycles. The van der Waals surface area contributed by atoms with Crippen molar-refractivity contribution in [2.75, 3.05) is 26.2 Å². The second-order valence-electron chi connectivity index (χ2n) is 9.68. The number of carbonyl (C=O) groups excluding carboxylic acids is 3. The van der Waals surface area contributed by atoms with Crippen LogP contribution in [-0.4, -0.2) is 71.7 Å². The molecule has 1 saturated carbocycles. The van der Waals surface area contributed by atoms with E-state index in [1.807, 2.05) is 0 Å². The van der Waals surface area contributed by atoms with Crippen LogP contribution in [0.5, 0.6) is 0 Å². The van der Waals surface area contributed by atoms with Gasteiger partial charge in [-0.3, -0.25) is 9.59 Å². The summed E-state index contributed by atoms with van der Waals surface area (Å²) in [6.45, 7) is 6.43. The van der Waals surface area contributed by atoms with Gasteiger partial charge in [0.15, 0.2) is 0 Å². The van der Waals surface area contributed by atoms with E-state index in [4.69, 9.17) is 4.74 Å². The van der Waals surface area contributed by atoms with Crippen LogP contribution in [0.3, 0.4) is 0 Å². The van der Waals surface area contributed by atoms with E-state index in [0.29, 0.717) is 31.0 Å². The van der Waals surface area contributed by atoms with Crippen LogP contribution < -0.4 is 5.32 Å². The Morgan fingerprint density at radius 1 is 1.13 bits per heavy atom. The number of ether oxygens (including phenoxy) is 1. The van der Waals surface area contributed by atoms with Gasteiger partial charge in [-0.15, -0.1) is 0 Å². The first-order chi connectivity index (χ1) is 13.8. The Balaban J connectivity index is 1.65. The molecule has 0 aromatic heterocycles. The zero-order valence-corrected chi connectivity index (χ0v) is 17.7. The van der Waals surface area contributed by atoms with Crippen molar-refractivity contribution in [3.63, 3.8) is 0 Å². The van der Waals surface area contributed by atoms with Crippen LogP contribution in [0.2, 0.25) is 0 Å². The lowest BCUT2D eigenvalue weighted by molar-refractivity contribution is -0.187. The lowest BCUT2D eigenvalue weighted by atomic mass is 9.81. The summed E-state index contributed by atoms with van der Waals surface area (Å²) in [7, 11) is 0. The quantitative estimate of drug-likeness (QED) is 0.742. The van der Waals surface area contributed by atoms with E-state index in [2.05, 4.69) is 5.32 Å². The van der Waals surface area contributed by atoms with Gasteiger partial charge in [-0.2, -0.15) is 13.2 Å². The summed E-state index contributed by atoms with van der Waals surface area (Å²) in [5, 5.41) is 2.81. The van der Waals surface area contributed by atoms with Crippen molar-refractivity contribution in [2.45, 2.75) is 70.7 Å². The molecule has 3 atom stereocenters. The molecule has 3 rings (SSSR count). The summed E-state index contributed by atoms with van der Waals surface area (Å²) in [4.78, 5) is 39.1. The van der Waals surface area contributed by atoms with Gasteiger partial charge in [0.2, 0.25) is 5.91 Å². The van der Waals surface area contributed by atoms with E-state index in [9.17, 15) is 27.6 Å². The van der Waals surface area contributed by atoms with E-state index >= 15 is 0 Å². The second kappa shape index (κ2) is 7.92. The molecule has 3 fully saturated rings. The number of alkyl halides is 3. The van der Waals surface area contributed by atoms with E-state index in [1.54, 1.807) is 25.7 Å². The summed E-state index contributed by atoms with van der Waals surface area (Å²) >= 11 is 0. The van der Waals surface area contributed by atoms with Crippen LogP contribution in [0.15, 0.2) is 0 Å². The van der Waals surface area contributed by atoms with Gasteiger partial charge in [0.05, 0.1) is 0 Å². The molecule has 30 heavy (non-hydrogen) atoms. The summed E-state index contributed by atoms with van der Waals surface area (Å²) in [5.74, 6) is -2.19. The molecule has 1 N–H and O–H groups in total. The van der Waals surface area contributed by atoms with E-state index < -0.39 is 35.7 Å². The predicted molar refractivity (Wildman–Crippen MR) is 101 cm³/mol. The zero-order valence-electron chi connectivity index (χ0n) is 17.7. The van der Waals surface area contributed by atoms with Crippen molar-refractivity contribution < 1.29 is 32.3 Å². The summed E-state index contributed by atoms with van der Waals surface area (Å²) in [6.07, 6.45) is -2.19. The van der Waals surface area contributed by atoms with Crippen LogP contribution in [0, 0.1) is 11.3 Å². The standard InChI is InChI=1S/C20H30F3N3O4/c1-18(2,3)30-17(29)24-11-19-8-4-6-13(19)10-25(12-19)15(27)14-7-5-9-26(14)16(28)20(21,22)23/h13-14H,4-12H2,1-3H3,(H,24,29)/t13-,14?,19-/m1/s1. The lowest BCUT2D eigenvalue weighted by Gasteiger charge is -2.31. The van der Waals surface area contributed by atoms with E-state index in [0.717, 1.165) is 19.3 Å². The maximum atomic E-state index is 13.0. The maximum Gasteiger partial charge on any atom is 0.471 e. The number of hydrogen-bond donors (Lipinski definition) is 1. The zero-order chi connectivity index (χ0) is 22.3. The van der Waals surface area contributed by atoms with Gasteiger partial charge < -0.3 is 19.9 Å². The SMILES string of the molecule is CC(C)(C)OC(=O)NC[C@@]12CCC[C@@H]1CN(C(=O)C1CCCN1C(=O)C(F)(F)F)C2. The average molecular weight is 433 g/mol. The van der Waals surface area contributed by atoms with Crippen molar-refractivity contribution in [3.8, 4) is 0 Å². The van der Waals surface area contributed by atoms with Gasteiger partial charge in [-0.1, -0.05) is 6.42 Å². The first kappa shape index (κ1) is 22.7. The monoisotopic (exact) mass is 433 g/mol. The summed E-state index contributed by atoms with van der Waals surface area (Å²) in [5.41, 5.74) is -0.921. The van der Waals surface area contributed by atoms with E-state index in [1.165, 1.54) is 0 Å². The summed E-state index contributed by atoms with van der Waals surface area (Å²) in [6, 6.07) is -1.06. The van der Waals surface area contributed by atoms with Gasteiger partial charge in [0, 0.05) is 31.6 Å². The number of nitrogens with zero attached hydrogens (tertiary/aromatic N) is 2. The molecule has 2 heterocycles. The fourth-order valence-corrected chi connectivity index (χ4v) is 5.07. The van der Waals surface area contributed by atoms with Crippen LogP contribution in [0.4, 0.5) is 18.0 Å². The molecular formula is C20H30F3N3O4. The Morgan fingerprint density at radius 3 is 2.47 bits per heavy atom. The minimum atomic E-state index is -4.98. The topological polar surface area (TPSA) is 79.0 Å². The van der Waals surface area contributed by atoms with Crippen molar-refractivity contribution in [3.05, 3.63) is 0 Å². The highest BCUT2D eigenvalue weighted by Crippen LogP contribution is 2.48. The van der Waals surface area contributed by atoms with Gasteiger partial charge >= 0.3 is 18.2 Å². The number of halogens is 3. The number of rotatable bonds is 3. The number of fused-ring (bicyclic) bond motifs is 1. The highest BCUT2D eigenvalue weighted by atomic mass is 19.4. The van der Waals surface area contributed by atoms with Crippen molar-refractivity contribution in [2.24, 2.45) is 11.3 Å². The molecule has 0 bridgehead atoms. The van der Waals surface area contributed by atoms with Crippen LogP contribution >= 0.6 is 0 Å². The maximum absolute atomic E-state index is 13.0. The number of alkyl carbamates (subject to hydrolysis) is 1. The molecule has 7 nitrogen and oxygen atoms in total. The molecule has 170 valence electrons. The third-order valence-electron chi connectivity index (χ3n) is 6.38. The molecular weight excluding hydrogens is 403 g/mol. The minimum Gasteiger partial charge on any atom is -0.444 e. The van der Waals surface area contributed by atoms with Gasteiger partial charge in [-0.25, -0.2) is 4.79 Å². The van der Waals surface area contributed by atoms with E-state index in [-0.39, 0.29) is 24.3 Å². The largest absolute Gasteiger partial charge is 0.471 e. The fraction of sp³-hybridized carbons (Fsp3) is 0.850. The smallest absolute Gasteiger partial charge is 0.444 e. The molecule has 2 aliphatic heterocycles. The highest BCUT2D eigenvalue weighted by Gasteiger charge is 2.53. The molecule has 0 spiro atoms. The van der Waals surface area contributed by atoms with Crippen molar-refractivity contribution in [1.29, 1.82) is 0 Å². The molecule has 1 aliphatic carbocycles. The minimum absolute atomic E-state index is 0.0582. The Hall–Kier alpha value is -2.00. The number of hydrogen-bond acceptors (Lipinski definition) is 4. The number of nitrogens with one attached hydrogen (secondary N) is 1. The first-order valence-corrected chi connectivity index (χ1v) is 10.5. The van der Waals surface area contributed by atoms with Gasteiger partial charge in [0.25, 0.3) is 0 Å². The number of amides is 3. The Kier molecular flexibility index (Phi) is 5.99. The molecule has 1 unspecified atom stereocenters. The van der Waals surface area contributed by atoms with Gasteiger partial charge in [-0.05, 0) is 52.4 Å². The number of likely N-dealkylation sites (tertiary alicyclic amines) is 2. The van der Waals surface area contributed by atoms with Crippen LogP contribution in [0.1, 0.15) is 52.9 Å². The Labute approximate surface area is 174 Å². The summed E-state index contributed by atoms with van der Waals surface area (Å²) < 4.78 is 44.0. The molecule has 0 aromatic carbocycles. The van der Waals surface area contributed by atoms with Crippen LogP contribution in [-0.2, 0) is 14.3 Å². The Morgan fingerprint density at radius 2 is 1.83 bits per heavy atom. The fourth-order valence-electron chi connectivity index (χ4n) is 5.07. The molecule has 0 aromatic rings. The van der Waals surface area contributed by atoms with Crippen LogP contribution in [0.25, 0.3) is 0 Å². The highest BCUT2D eigenvalue weighted by molar-refractivity contribution is 5.90. The molecule has 10 heteroatoms. The third kappa shape index (κ3) is 4.67. The van der Waals surface area contributed by atoms with Gasteiger partial charge in [0.1, 0.15) is 11.6 Å². The third-order valence-corrected chi connectivity index (χ3v) is 6.38. The number of carbonyl (C=O) groups is 3. The molecule has 3 amide bonds. The Bertz CT molecular complexity index is 706. The average Bonchev–Trinajstić information content (AvgIpc) is 3.30. The molecule has 3 aliphatic rings. The lowest BCUT2D eigenvalue weighted by Crippen LogP contribution is -2.51. The second-order valence-corrected chi connectivity index (χ2v) is 9.68. The van der Waals surface area contributed by atoms with Crippen molar-refractivity contribution >= 4 is 17.9 Å². The molecule has 0 radical (unpaired) electrons.